The van der Waals surface area contributed by atoms with Gasteiger partial charge in [0.1, 0.15) is 0 Å². The van der Waals surface area contributed by atoms with Gasteiger partial charge >= 0.3 is 0 Å². The van der Waals surface area contributed by atoms with E-state index in [9.17, 15) is 4.79 Å². The van der Waals surface area contributed by atoms with E-state index in [1.807, 2.05) is 0 Å². The molecule has 3 saturated heterocycles. The maximum absolute atomic E-state index is 12.5. The first kappa shape index (κ1) is 21.9. The fourth-order valence-corrected chi connectivity index (χ4v) is 3.92. The van der Waals surface area contributed by atoms with Gasteiger partial charge in [-0.05, 0) is 38.8 Å². The quantitative estimate of drug-likeness (QED) is 0.752. The minimum Gasteiger partial charge on any atom is -0.381 e. The Hall–Kier alpha value is -0.110. The van der Waals surface area contributed by atoms with Gasteiger partial charge in [-0.2, -0.15) is 0 Å². The van der Waals surface area contributed by atoms with E-state index in [2.05, 4.69) is 15.5 Å². The molecule has 3 heterocycles. The number of methoxy groups -OCH3 is 1. The summed E-state index contributed by atoms with van der Waals surface area (Å²) in [5.41, 5.74) is 0. The van der Waals surface area contributed by atoms with E-state index in [4.69, 9.17) is 9.47 Å². The summed E-state index contributed by atoms with van der Waals surface area (Å²) in [6, 6.07) is 0.778. The van der Waals surface area contributed by atoms with Gasteiger partial charge in [0.2, 0.25) is 5.91 Å². The second-order valence-electron chi connectivity index (χ2n) is 6.70. The largest absolute Gasteiger partial charge is 0.381 e. The topological polar surface area (TPSA) is 62.8 Å². The predicted molar refractivity (Wildman–Crippen MR) is 98.2 cm³/mol. The lowest BCUT2D eigenvalue weighted by Gasteiger charge is -2.39. The Labute approximate surface area is 157 Å². The number of likely N-dealkylation sites (tertiary alicyclic amines) is 1. The van der Waals surface area contributed by atoms with E-state index in [0.29, 0.717) is 6.04 Å². The number of piperidine rings is 1. The highest BCUT2D eigenvalue weighted by Crippen LogP contribution is 2.23. The minimum atomic E-state index is 0. The van der Waals surface area contributed by atoms with Crippen LogP contribution in [0.3, 0.4) is 0 Å². The molecule has 3 aliphatic rings. The molecule has 1 amide bonds. The lowest BCUT2D eigenvalue weighted by atomic mass is 9.93. The molecule has 0 aliphatic carbocycles. The molecule has 0 radical (unpaired) electrons. The average Bonchev–Trinajstić information content (AvgIpc) is 3.03. The van der Waals surface area contributed by atoms with Crippen molar-refractivity contribution in [3.05, 3.63) is 0 Å². The summed E-state index contributed by atoms with van der Waals surface area (Å²) in [6.45, 7) is 5.49. The number of carbonyl (C=O) groups excluding carboxylic acids is 1. The molecule has 2 atom stereocenters. The van der Waals surface area contributed by atoms with Gasteiger partial charge in [-0.1, -0.05) is 0 Å². The molecular weight excluding hydrogens is 353 g/mol. The van der Waals surface area contributed by atoms with Crippen molar-refractivity contribution in [3.63, 3.8) is 0 Å². The number of ether oxygens (including phenoxy) is 2. The molecule has 3 rings (SSSR count). The summed E-state index contributed by atoms with van der Waals surface area (Å²) >= 11 is 0. The van der Waals surface area contributed by atoms with Gasteiger partial charge < -0.3 is 25.0 Å². The van der Waals surface area contributed by atoms with Crippen molar-refractivity contribution < 1.29 is 14.3 Å². The number of hydrogen-bond acceptors (Lipinski definition) is 5. The molecule has 142 valence electrons. The molecule has 2 N–H and O–H groups in total. The van der Waals surface area contributed by atoms with Gasteiger partial charge in [-0.15, -0.1) is 24.8 Å². The summed E-state index contributed by atoms with van der Waals surface area (Å²) in [7, 11) is 1.71. The SMILES string of the molecule is CO[C@H]1CNC[C@@H]1NC(=O)C1CCN(C2CCOCC2)CC1.Cl.Cl. The lowest BCUT2D eigenvalue weighted by molar-refractivity contribution is -0.128. The van der Waals surface area contributed by atoms with Crippen LogP contribution in [0, 0.1) is 5.92 Å². The zero-order valence-electron chi connectivity index (χ0n) is 14.4. The van der Waals surface area contributed by atoms with Crippen LogP contribution >= 0.6 is 24.8 Å². The maximum atomic E-state index is 12.5. The van der Waals surface area contributed by atoms with Gasteiger partial charge in [0.15, 0.2) is 0 Å². The van der Waals surface area contributed by atoms with E-state index in [1.54, 1.807) is 7.11 Å². The molecule has 24 heavy (non-hydrogen) atoms. The molecule has 0 aromatic carbocycles. The normalized spacial score (nSPS) is 29.5. The fraction of sp³-hybridized carbons (Fsp3) is 0.938. The Bertz CT molecular complexity index is 376. The molecule has 0 aromatic rings. The molecule has 3 aliphatic heterocycles. The summed E-state index contributed by atoms with van der Waals surface area (Å²) in [5.74, 6) is 0.372. The third-order valence-corrected chi connectivity index (χ3v) is 5.40. The predicted octanol–water partition coefficient (Wildman–Crippen LogP) is 0.824. The van der Waals surface area contributed by atoms with E-state index < -0.39 is 0 Å². The van der Waals surface area contributed by atoms with Gasteiger partial charge in [-0.25, -0.2) is 0 Å². The highest BCUT2D eigenvalue weighted by atomic mass is 35.5. The van der Waals surface area contributed by atoms with Crippen LogP contribution in [0.25, 0.3) is 0 Å². The summed E-state index contributed by atoms with van der Waals surface area (Å²) < 4.78 is 10.8. The zero-order chi connectivity index (χ0) is 15.4. The number of amides is 1. The Morgan fingerprint density at radius 1 is 1.12 bits per heavy atom. The molecule has 0 saturated carbocycles. The van der Waals surface area contributed by atoms with Crippen molar-refractivity contribution in [2.45, 2.75) is 43.9 Å². The van der Waals surface area contributed by atoms with Crippen molar-refractivity contribution in [2.75, 3.05) is 46.5 Å². The number of nitrogens with one attached hydrogen (secondary N) is 2. The molecule has 6 nitrogen and oxygen atoms in total. The van der Waals surface area contributed by atoms with Crippen LogP contribution in [0.1, 0.15) is 25.7 Å². The fourth-order valence-electron chi connectivity index (χ4n) is 3.92. The van der Waals surface area contributed by atoms with E-state index >= 15 is 0 Å². The second kappa shape index (κ2) is 10.8. The van der Waals surface area contributed by atoms with Crippen molar-refractivity contribution in [3.8, 4) is 0 Å². The molecule has 0 unspecified atom stereocenters. The van der Waals surface area contributed by atoms with Gasteiger partial charge in [0, 0.05) is 45.4 Å². The Kier molecular flexibility index (Phi) is 9.86. The lowest BCUT2D eigenvalue weighted by Crippen LogP contribution is -2.50. The van der Waals surface area contributed by atoms with Crippen LogP contribution in [-0.4, -0.2) is 75.5 Å². The van der Waals surface area contributed by atoms with Crippen molar-refractivity contribution in [2.24, 2.45) is 5.92 Å². The van der Waals surface area contributed by atoms with Crippen molar-refractivity contribution in [1.82, 2.24) is 15.5 Å². The maximum Gasteiger partial charge on any atom is 0.223 e. The third kappa shape index (κ3) is 5.44. The molecule has 0 spiro atoms. The average molecular weight is 384 g/mol. The van der Waals surface area contributed by atoms with Gasteiger partial charge in [0.25, 0.3) is 0 Å². The first-order chi connectivity index (χ1) is 10.8. The monoisotopic (exact) mass is 383 g/mol. The number of halogens is 2. The van der Waals surface area contributed by atoms with Crippen molar-refractivity contribution >= 4 is 30.7 Å². The van der Waals surface area contributed by atoms with E-state index in [0.717, 1.165) is 65.1 Å². The standard InChI is InChI=1S/C16H29N3O3.2ClH/c1-21-15-11-17-10-14(15)18-16(20)12-2-6-19(7-3-12)13-4-8-22-9-5-13;;/h12-15,17H,2-11H2,1H3,(H,18,20);2*1H/t14-,15-;;/m0../s1. The zero-order valence-corrected chi connectivity index (χ0v) is 16.0. The number of nitrogens with zero attached hydrogens (tertiary/aromatic N) is 1. The van der Waals surface area contributed by atoms with Crippen LogP contribution < -0.4 is 10.6 Å². The molecular formula is C16H31Cl2N3O3. The molecule has 8 heteroatoms. The Morgan fingerprint density at radius 3 is 2.42 bits per heavy atom. The summed E-state index contributed by atoms with van der Waals surface area (Å²) in [4.78, 5) is 15.0. The van der Waals surface area contributed by atoms with Gasteiger partial charge in [-0.3, -0.25) is 4.79 Å². The highest BCUT2D eigenvalue weighted by molar-refractivity contribution is 5.85. The van der Waals surface area contributed by atoms with Crippen LogP contribution in [0.5, 0.6) is 0 Å². The first-order valence-corrected chi connectivity index (χ1v) is 8.63. The first-order valence-electron chi connectivity index (χ1n) is 8.63. The van der Waals surface area contributed by atoms with Crippen LogP contribution in [0.15, 0.2) is 0 Å². The Morgan fingerprint density at radius 2 is 1.79 bits per heavy atom. The number of carbonyl (C=O) groups is 1. The summed E-state index contributed by atoms with van der Waals surface area (Å²) in [6.07, 6.45) is 4.33. The number of rotatable bonds is 4. The van der Waals surface area contributed by atoms with Crippen molar-refractivity contribution in [1.29, 1.82) is 0 Å². The van der Waals surface area contributed by atoms with E-state index in [1.165, 1.54) is 0 Å². The number of hydrogen-bond donors (Lipinski definition) is 2. The van der Waals surface area contributed by atoms with Gasteiger partial charge in [0.05, 0.1) is 12.1 Å². The summed E-state index contributed by atoms with van der Waals surface area (Å²) in [5, 5.41) is 6.45. The molecule has 3 fully saturated rings. The van der Waals surface area contributed by atoms with Crippen LogP contribution in [0.4, 0.5) is 0 Å². The third-order valence-electron chi connectivity index (χ3n) is 5.40. The highest BCUT2D eigenvalue weighted by Gasteiger charge is 2.33. The Balaban J connectivity index is 0.00000144. The molecule has 0 aromatic heterocycles. The van der Waals surface area contributed by atoms with Crippen LogP contribution in [0.2, 0.25) is 0 Å². The molecule has 0 bridgehead atoms. The smallest absolute Gasteiger partial charge is 0.223 e. The second-order valence-corrected chi connectivity index (χ2v) is 6.70. The minimum absolute atomic E-state index is 0. The van der Waals surface area contributed by atoms with E-state index in [-0.39, 0.29) is 48.8 Å². The van der Waals surface area contributed by atoms with Crippen LogP contribution in [-0.2, 0) is 14.3 Å².